The molecule has 0 atom stereocenters. The van der Waals surface area contributed by atoms with E-state index < -0.39 is 35.8 Å². The summed E-state index contributed by atoms with van der Waals surface area (Å²) in [5.74, 6) is -7.00. The van der Waals surface area contributed by atoms with Crippen molar-refractivity contribution in [3.63, 3.8) is 0 Å². The zero-order valence-corrected chi connectivity index (χ0v) is 14.9. The van der Waals surface area contributed by atoms with Crippen LogP contribution in [-0.2, 0) is 19.1 Å². The van der Waals surface area contributed by atoms with Gasteiger partial charge in [0.05, 0.1) is 22.3 Å². The molecular formula is C20H12O10. The van der Waals surface area contributed by atoms with Gasteiger partial charge in [0.2, 0.25) is 0 Å². The van der Waals surface area contributed by atoms with Gasteiger partial charge in [0.1, 0.15) is 0 Å². The van der Waals surface area contributed by atoms with E-state index in [1.807, 2.05) is 0 Å². The summed E-state index contributed by atoms with van der Waals surface area (Å²) in [6.07, 6.45) is 1.12. The first-order chi connectivity index (χ1) is 14.2. The maximum Gasteiger partial charge on any atom is 0.346 e. The number of hydrogen-bond acceptors (Lipinski definition) is 8. The average molecular weight is 412 g/mol. The summed E-state index contributed by atoms with van der Waals surface area (Å²) in [5, 5.41) is 17.6. The van der Waals surface area contributed by atoms with Gasteiger partial charge < -0.3 is 19.7 Å². The number of ether oxygens (including phenoxy) is 2. The molecule has 0 unspecified atom stereocenters. The van der Waals surface area contributed by atoms with Gasteiger partial charge in [-0.3, -0.25) is 0 Å². The van der Waals surface area contributed by atoms with Crippen LogP contribution < -0.4 is 0 Å². The van der Waals surface area contributed by atoms with Gasteiger partial charge in [0, 0.05) is 12.2 Å². The van der Waals surface area contributed by atoms with E-state index in [2.05, 4.69) is 9.47 Å². The number of carbonyl (C=O) groups is 6. The number of hydrogen-bond donors (Lipinski definition) is 2. The van der Waals surface area contributed by atoms with Crippen LogP contribution in [0.2, 0.25) is 0 Å². The van der Waals surface area contributed by atoms with E-state index in [0.29, 0.717) is 12.2 Å². The quantitative estimate of drug-likeness (QED) is 0.406. The lowest BCUT2D eigenvalue weighted by Gasteiger charge is -2.02. The van der Waals surface area contributed by atoms with Crippen molar-refractivity contribution in [3.8, 4) is 0 Å². The van der Waals surface area contributed by atoms with E-state index >= 15 is 0 Å². The molecule has 0 heterocycles. The molecule has 0 aliphatic rings. The van der Waals surface area contributed by atoms with Crippen LogP contribution in [0.5, 0.6) is 0 Å². The van der Waals surface area contributed by atoms with Crippen LogP contribution in [0, 0.1) is 0 Å². The third kappa shape index (κ3) is 5.96. The van der Waals surface area contributed by atoms with Crippen molar-refractivity contribution in [1.29, 1.82) is 0 Å². The first-order valence-electron chi connectivity index (χ1n) is 8.04. The molecule has 0 bridgehead atoms. The number of rotatable bonds is 6. The van der Waals surface area contributed by atoms with Crippen molar-refractivity contribution in [2.75, 3.05) is 0 Å². The Kier molecular flexibility index (Phi) is 6.91. The molecule has 0 amide bonds. The lowest BCUT2D eigenvalue weighted by atomic mass is 10.1. The fraction of sp³-hybridized carbons (Fsp3) is 0. The molecule has 0 aliphatic heterocycles. The Bertz CT molecular complexity index is 960. The van der Waals surface area contributed by atoms with Crippen molar-refractivity contribution in [2.45, 2.75) is 0 Å². The number of esters is 4. The van der Waals surface area contributed by atoms with Crippen molar-refractivity contribution < 1.29 is 48.5 Å². The van der Waals surface area contributed by atoms with Crippen LogP contribution in [0.15, 0.2) is 60.7 Å². The van der Waals surface area contributed by atoms with Crippen molar-refractivity contribution >= 4 is 35.8 Å². The van der Waals surface area contributed by atoms with Gasteiger partial charge in [-0.15, -0.1) is 0 Å². The summed E-state index contributed by atoms with van der Waals surface area (Å²) in [5.41, 5.74) is -0.320. The number of carbonyl (C=O) groups excluding carboxylic acids is 4. The molecule has 10 heteroatoms. The molecule has 2 rings (SSSR count). The number of benzene rings is 2. The molecular weight excluding hydrogens is 400 g/mol. The molecule has 2 aromatic carbocycles. The number of carboxylic acids is 2. The third-order valence-electron chi connectivity index (χ3n) is 3.48. The standard InChI is InChI=1S/C20H12O10/c21-15(29-19(27)13-5-1-11(2-6-13)17(23)24)9-10-16(22)30-20(28)14-7-3-12(4-8-14)18(25)26/h1-10H,(H,23,24)(H,25,26)/b10-9+. The predicted octanol–water partition coefficient (Wildman–Crippen LogP) is 1.71. The predicted molar refractivity (Wildman–Crippen MR) is 96.8 cm³/mol. The van der Waals surface area contributed by atoms with E-state index in [-0.39, 0.29) is 22.3 Å². The summed E-state index contributed by atoms with van der Waals surface area (Å²) in [6.45, 7) is 0. The van der Waals surface area contributed by atoms with E-state index in [1.165, 1.54) is 0 Å². The largest absolute Gasteiger partial charge is 0.478 e. The molecule has 10 nitrogen and oxygen atoms in total. The molecule has 0 fully saturated rings. The summed E-state index contributed by atoms with van der Waals surface area (Å²) in [6, 6.07) is 9.15. The highest BCUT2D eigenvalue weighted by Crippen LogP contribution is 2.08. The van der Waals surface area contributed by atoms with Crippen molar-refractivity contribution in [2.24, 2.45) is 0 Å². The minimum Gasteiger partial charge on any atom is -0.478 e. The summed E-state index contributed by atoms with van der Waals surface area (Å²) < 4.78 is 8.90. The van der Waals surface area contributed by atoms with Gasteiger partial charge in [0.25, 0.3) is 0 Å². The second kappa shape index (κ2) is 9.55. The lowest BCUT2D eigenvalue weighted by Crippen LogP contribution is -2.13. The molecule has 2 N–H and O–H groups in total. The van der Waals surface area contributed by atoms with Crippen LogP contribution in [-0.4, -0.2) is 46.0 Å². The lowest BCUT2D eigenvalue weighted by molar-refractivity contribution is -0.135. The van der Waals surface area contributed by atoms with Crippen molar-refractivity contribution in [1.82, 2.24) is 0 Å². The number of aromatic carboxylic acids is 2. The average Bonchev–Trinajstić information content (AvgIpc) is 2.72. The molecule has 152 valence electrons. The maximum atomic E-state index is 11.8. The fourth-order valence-corrected chi connectivity index (χ4v) is 2.00. The Morgan fingerprint density at radius 2 is 0.800 bits per heavy atom. The molecule has 0 saturated carbocycles. The number of carboxylic acid groups (broad SMARTS) is 2. The Hall–Kier alpha value is -4.60. The minimum atomic E-state index is -1.22. The fourth-order valence-electron chi connectivity index (χ4n) is 2.00. The topological polar surface area (TPSA) is 161 Å². The second-order valence-corrected chi connectivity index (χ2v) is 5.52. The highest BCUT2D eigenvalue weighted by molar-refractivity contribution is 6.04. The van der Waals surface area contributed by atoms with Crippen molar-refractivity contribution in [3.05, 3.63) is 82.9 Å². The molecule has 0 aromatic heterocycles. The summed E-state index contributed by atoms with van der Waals surface area (Å²) >= 11 is 0. The smallest absolute Gasteiger partial charge is 0.346 e. The maximum absolute atomic E-state index is 11.8. The Morgan fingerprint density at radius 3 is 1.07 bits per heavy atom. The van der Waals surface area contributed by atoms with Gasteiger partial charge in [0.15, 0.2) is 0 Å². The summed E-state index contributed by atoms with van der Waals surface area (Å²) in [7, 11) is 0. The van der Waals surface area contributed by atoms with E-state index in [0.717, 1.165) is 48.5 Å². The molecule has 0 radical (unpaired) electrons. The van der Waals surface area contributed by atoms with Gasteiger partial charge in [-0.2, -0.15) is 0 Å². The Labute approximate surface area is 168 Å². The van der Waals surface area contributed by atoms with Crippen LogP contribution in [0.4, 0.5) is 0 Å². The van der Waals surface area contributed by atoms with E-state index in [9.17, 15) is 28.8 Å². The molecule has 0 spiro atoms. The Balaban J connectivity index is 1.89. The molecule has 0 saturated heterocycles. The zero-order chi connectivity index (χ0) is 22.3. The molecule has 2 aromatic rings. The van der Waals surface area contributed by atoms with Crippen LogP contribution in [0.3, 0.4) is 0 Å². The SMILES string of the molecule is O=C(/C=C/C(=O)OC(=O)c1ccc(C(=O)O)cc1)OC(=O)c1ccc(C(=O)O)cc1. The summed E-state index contributed by atoms with van der Waals surface area (Å²) in [4.78, 5) is 68.2. The van der Waals surface area contributed by atoms with Gasteiger partial charge in [-0.1, -0.05) is 0 Å². The highest BCUT2D eigenvalue weighted by Gasteiger charge is 2.15. The normalized spacial score (nSPS) is 10.3. The molecule has 30 heavy (non-hydrogen) atoms. The van der Waals surface area contributed by atoms with Crippen LogP contribution in [0.1, 0.15) is 41.4 Å². The van der Waals surface area contributed by atoms with Crippen LogP contribution >= 0.6 is 0 Å². The third-order valence-corrected chi connectivity index (χ3v) is 3.48. The van der Waals surface area contributed by atoms with Crippen LogP contribution in [0.25, 0.3) is 0 Å². The zero-order valence-electron chi connectivity index (χ0n) is 14.9. The second-order valence-electron chi connectivity index (χ2n) is 5.52. The van der Waals surface area contributed by atoms with E-state index in [4.69, 9.17) is 10.2 Å². The first-order valence-corrected chi connectivity index (χ1v) is 8.04. The highest BCUT2D eigenvalue weighted by atomic mass is 16.6. The van der Waals surface area contributed by atoms with Gasteiger partial charge in [-0.05, 0) is 48.5 Å². The van der Waals surface area contributed by atoms with Gasteiger partial charge >= 0.3 is 35.8 Å². The Morgan fingerprint density at radius 1 is 0.533 bits per heavy atom. The first kappa shape index (κ1) is 21.7. The van der Waals surface area contributed by atoms with E-state index in [1.54, 1.807) is 0 Å². The monoisotopic (exact) mass is 412 g/mol. The molecule has 0 aliphatic carbocycles. The minimum absolute atomic E-state index is 0.0669. The van der Waals surface area contributed by atoms with Gasteiger partial charge in [-0.25, -0.2) is 28.8 Å².